The molecular formula is C16H23NS. The molecule has 1 aromatic heterocycles. The summed E-state index contributed by atoms with van der Waals surface area (Å²) in [5, 5.41) is 8.50. The van der Waals surface area contributed by atoms with Crippen LogP contribution in [0.2, 0.25) is 0 Å². The highest BCUT2D eigenvalue weighted by molar-refractivity contribution is 7.08. The van der Waals surface area contributed by atoms with Crippen molar-refractivity contribution in [1.82, 2.24) is 5.32 Å². The van der Waals surface area contributed by atoms with Gasteiger partial charge in [-0.2, -0.15) is 11.3 Å². The molecule has 98 valence electrons. The molecule has 1 heterocycles. The second-order valence-corrected chi connectivity index (χ2v) is 7.66. The third kappa shape index (κ3) is 1.85. The Balaban J connectivity index is 1.45. The Hall–Kier alpha value is -0.340. The molecule has 0 aliphatic heterocycles. The maximum Gasteiger partial charge on any atom is 0.0219 e. The summed E-state index contributed by atoms with van der Waals surface area (Å²) >= 11 is 1.84. The van der Waals surface area contributed by atoms with Crippen LogP contribution in [0.5, 0.6) is 0 Å². The SMILES string of the molecule is Cc1cscc1CNC1C2CC3CC(C2)CC1C3. The summed E-state index contributed by atoms with van der Waals surface area (Å²) in [6.07, 6.45) is 7.64. The summed E-state index contributed by atoms with van der Waals surface area (Å²) in [7, 11) is 0. The Morgan fingerprint density at radius 1 is 1.06 bits per heavy atom. The molecular weight excluding hydrogens is 238 g/mol. The Bertz CT molecular complexity index is 408. The van der Waals surface area contributed by atoms with Crippen LogP contribution in [0.25, 0.3) is 0 Å². The lowest BCUT2D eigenvalue weighted by molar-refractivity contribution is -0.0142. The van der Waals surface area contributed by atoms with E-state index in [9.17, 15) is 0 Å². The lowest BCUT2D eigenvalue weighted by Crippen LogP contribution is -2.54. The van der Waals surface area contributed by atoms with E-state index in [1.165, 1.54) is 36.8 Å². The number of rotatable bonds is 3. The fourth-order valence-electron chi connectivity index (χ4n) is 5.05. The number of aryl methyl sites for hydroxylation is 1. The fraction of sp³-hybridized carbons (Fsp3) is 0.750. The van der Waals surface area contributed by atoms with Gasteiger partial charge in [0, 0.05) is 12.6 Å². The van der Waals surface area contributed by atoms with Crippen molar-refractivity contribution in [2.45, 2.75) is 51.6 Å². The van der Waals surface area contributed by atoms with E-state index in [1.54, 1.807) is 6.42 Å². The Morgan fingerprint density at radius 3 is 2.28 bits per heavy atom. The molecule has 4 bridgehead atoms. The molecule has 0 radical (unpaired) electrons. The Morgan fingerprint density at radius 2 is 1.72 bits per heavy atom. The fourth-order valence-corrected chi connectivity index (χ4v) is 5.91. The van der Waals surface area contributed by atoms with E-state index >= 15 is 0 Å². The Kier molecular flexibility index (Phi) is 2.77. The zero-order valence-electron chi connectivity index (χ0n) is 11.2. The zero-order valence-corrected chi connectivity index (χ0v) is 12.0. The van der Waals surface area contributed by atoms with Crippen molar-refractivity contribution < 1.29 is 0 Å². The van der Waals surface area contributed by atoms with E-state index in [2.05, 4.69) is 23.0 Å². The van der Waals surface area contributed by atoms with Gasteiger partial charge < -0.3 is 5.32 Å². The maximum atomic E-state index is 3.91. The molecule has 2 heteroatoms. The third-order valence-electron chi connectivity index (χ3n) is 5.72. The lowest BCUT2D eigenvalue weighted by atomic mass is 9.54. The van der Waals surface area contributed by atoms with Crippen LogP contribution < -0.4 is 5.32 Å². The van der Waals surface area contributed by atoms with Gasteiger partial charge in [0.1, 0.15) is 0 Å². The largest absolute Gasteiger partial charge is 0.309 e. The summed E-state index contributed by atoms with van der Waals surface area (Å²) in [4.78, 5) is 0. The van der Waals surface area contributed by atoms with Crippen molar-refractivity contribution >= 4 is 11.3 Å². The molecule has 0 atom stereocenters. The molecule has 5 rings (SSSR count). The van der Waals surface area contributed by atoms with Crippen LogP contribution in [0.3, 0.4) is 0 Å². The van der Waals surface area contributed by atoms with Crippen LogP contribution in [0, 0.1) is 30.6 Å². The van der Waals surface area contributed by atoms with E-state index in [0.29, 0.717) is 0 Å². The standard InChI is InChI=1S/C16H23NS/c1-10-8-18-9-15(10)7-17-16-13-3-11-2-12(5-13)6-14(16)4-11/h8-9,11-14,16-17H,2-7H2,1H3. The van der Waals surface area contributed by atoms with Crippen LogP contribution in [0.4, 0.5) is 0 Å². The van der Waals surface area contributed by atoms with Crippen molar-refractivity contribution in [2.24, 2.45) is 23.7 Å². The lowest BCUT2D eigenvalue weighted by Gasteiger charge is -2.54. The summed E-state index contributed by atoms with van der Waals surface area (Å²) in [6.45, 7) is 3.34. The van der Waals surface area contributed by atoms with Gasteiger partial charge >= 0.3 is 0 Å². The molecule has 4 aliphatic rings. The van der Waals surface area contributed by atoms with Crippen LogP contribution in [0.15, 0.2) is 10.8 Å². The summed E-state index contributed by atoms with van der Waals surface area (Å²) in [5.41, 5.74) is 2.99. The van der Waals surface area contributed by atoms with Gasteiger partial charge in [-0.1, -0.05) is 0 Å². The van der Waals surface area contributed by atoms with Crippen LogP contribution in [0.1, 0.15) is 43.2 Å². The van der Waals surface area contributed by atoms with Crippen LogP contribution in [-0.4, -0.2) is 6.04 Å². The number of nitrogens with one attached hydrogen (secondary N) is 1. The molecule has 0 unspecified atom stereocenters. The quantitative estimate of drug-likeness (QED) is 0.868. The van der Waals surface area contributed by atoms with Gasteiger partial charge in [-0.15, -0.1) is 0 Å². The summed E-state index contributed by atoms with van der Waals surface area (Å²) < 4.78 is 0. The van der Waals surface area contributed by atoms with Crippen molar-refractivity contribution in [3.63, 3.8) is 0 Å². The third-order valence-corrected chi connectivity index (χ3v) is 6.63. The predicted octanol–water partition coefficient (Wildman–Crippen LogP) is 3.97. The highest BCUT2D eigenvalue weighted by Gasteiger charge is 2.47. The van der Waals surface area contributed by atoms with Gasteiger partial charge in [-0.3, -0.25) is 0 Å². The molecule has 1 aromatic rings. The van der Waals surface area contributed by atoms with Crippen LogP contribution in [-0.2, 0) is 6.54 Å². The smallest absolute Gasteiger partial charge is 0.0219 e. The maximum absolute atomic E-state index is 3.91. The average Bonchev–Trinajstić information content (AvgIpc) is 2.73. The highest BCUT2D eigenvalue weighted by Crippen LogP contribution is 2.53. The van der Waals surface area contributed by atoms with Crippen molar-refractivity contribution in [3.8, 4) is 0 Å². The van der Waals surface area contributed by atoms with Gasteiger partial charge in [-0.25, -0.2) is 0 Å². The van der Waals surface area contributed by atoms with E-state index in [0.717, 1.165) is 36.3 Å². The first kappa shape index (κ1) is 11.5. The van der Waals surface area contributed by atoms with E-state index in [4.69, 9.17) is 0 Å². The predicted molar refractivity (Wildman–Crippen MR) is 76.7 cm³/mol. The Labute approximate surface area is 114 Å². The van der Waals surface area contributed by atoms with Crippen LogP contribution >= 0.6 is 11.3 Å². The second kappa shape index (κ2) is 4.35. The first-order valence-electron chi connectivity index (χ1n) is 7.54. The molecule has 0 aromatic carbocycles. The molecule has 4 aliphatic carbocycles. The molecule has 4 saturated carbocycles. The monoisotopic (exact) mass is 261 g/mol. The highest BCUT2D eigenvalue weighted by atomic mass is 32.1. The van der Waals surface area contributed by atoms with Gasteiger partial charge in [0.25, 0.3) is 0 Å². The molecule has 4 fully saturated rings. The van der Waals surface area contributed by atoms with Gasteiger partial charge in [0.05, 0.1) is 0 Å². The molecule has 0 spiro atoms. The molecule has 18 heavy (non-hydrogen) atoms. The molecule has 0 saturated heterocycles. The van der Waals surface area contributed by atoms with Gasteiger partial charge in [0.15, 0.2) is 0 Å². The van der Waals surface area contributed by atoms with Crippen molar-refractivity contribution in [2.75, 3.05) is 0 Å². The minimum Gasteiger partial charge on any atom is -0.309 e. The number of hydrogen-bond donors (Lipinski definition) is 1. The second-order valence-electron chi connectivity index (χ2n) is 6.92. The minimum absolute atomic E-state index is 0.831. The van der Waals surface area contributed by atoms with E-state index in [-0.39, 0.29) is 0 Å². The average molecular weight is 261 g/mol. The zero-order chi connectivity index (χ0) is 12.1. The van der Waals surface area contributed by atoms with Gasteiger partial charge in [-0.05, 0) is 84.6 Å². The first-order valence-corrected chi connectivity index (χ1v) is 8.49. The topological polar surface area (TPSA) is 12.0 Å². The first-order chi connectivity index (χ1) is 8.79. The normalized spacial score (nSPS) is 41.5. The minimum atomic E-state index is 0.831. The van der Waals surface area contributed by atoms with Gasteiger partial charge in [0.2, 0.25) is 0 Å². The van der Waals surface area contributed by atoms with E-state index < -0.39 is 0 Å². The van der Waals surface area contributed by atoms with E-state index in [1.807, 2.05) is 11.3 Å². The summed E-state index contributed by atoms with van der Waals surface area (Å²) in [6, 6.07) is 0.831. The molecule has 1 N–H and O–H groups in total. The summed E-state index contributed by atoms with van der Waals surface area (Å²) in [5.74, 6) is 4.18. The molecule has 0 amide bonds. The number of hydrogen-bond acceptors (Lipinski definition) is 2. The number of thiophene rings is 1. The van der Waals surface area contributed by atoms with Crippen molar-refractivity contribution in [3.05, 3.63) is 21.9 Å². The van der Waals surface area contributed by atoms with Crippen molar-refractivity contribution in [1.29, 1.82) is 0 Å². The molecule has 1 nitrogen and oxygen atoms in total.